The average molecular weight is 754 g/mol. The van der Waals surface area contributed by atoms with Crippen LogP contribution >= 0.6 is 27.3 Å². The molecule has 2 aromatic heterocycles. The number of carbonyl (C=O) groups is 3. The summed E-state index contributed by atoms with van der Waals surface area (Å²) in [6.07, 6.45) is 17.2. The highest BCUT2D eigenvalue weighted by Gasteiger charge is 2.24. The molecule has 0 aliphatic carbocycles. The molecule has 12 heteroatoms. The number of rotatable bonds is 22. The van der Waals surface area contributed by atoms with Crippen LogP contribution in [0, 0.1) is 0 Å². The maximum atomic E-state index is 12.6. The number of aryl methyl sites for hydroxylation is 2. The number of hydrogen-bond acceptors (Lipinski definition) is 7. The Kier molecular flexibility index (Phi) is 15.3. The van der Waals surface area contributed by atoms with Crippen LogP contribution in [0.4, 0.5) is 0 Å². The second-order valence-electron chi connectivity index (χ2n) is 12.1. The molecule has 0 aliphatic rings. The summed E-state index contributed by atoms with van der Waals surface area (Å²) in [4.78, 5) is 36.0. The van der Waals surface area contributed by atoms with Gasteiger partial charge in [-0.25, -0.2) is 14.3 Å². The van der Waals surface area contributed by atoms with Crippen LogP contribution in [0.15, 0.2) is 59.2 Å². The van der Waals surface area contributed by atoms with Gasteiger partial charge in [0.05, 0.1) is 26.9 Å². The standard InChI is InChI=1S/C37H45BrN4O6S/c1-2-3-4-5-6-7-8-9-10-11-12-22-39-36(45)27-17-20-30(21-18-27)42-24-29(40-41-42)19-16-26-14-13-15-28(23-26)34-32(38)33(48-25-31(43)44)35(49-34)37(46)47/h13-15,17-18,20-21,23-24H,2-12,16,19,22,25H2,1H3,(H,39,45)(H,43,44)(H,46,47). The quantitative estimate of drug-likeness (QED) is 0.0677. The third-order valence-electron chi connectivity index (χ3n) is 8.20. The number of carboxylic acids is 2. The lowest BCUT2D eigenvalue weighted by atomic mass is 10.0. The van der Waals surface area contributed by atoms with E-state index in [2.05, 4.69) is 38.5 Å². The van der Waals surface area contributed by atoms with Gasteiger partial charge >= 0.3 is 11.9 Å². The second kappa shape index (κ2) is 19.8. The Morgan fingerprint density at radius 1 is 0.898 bits per heavy atom. The van der Waals surface area contributed by atoms with E-state index in [1.54, 1.807) is 16.8 Å². The van der Waals surface area contributed by atoms with Crippen molar-refractivity contribution in [2.24, 2.45) is 0 Å². The molecule has 0 unspecified atom stereocenters. The molecule has 4 rings (SSSR count). The predicted octanol–water partition coefficient (Wildman–Crippen LogP) is 8.75. The summed E-state index contributed by atoms with van der Waals surface area (Å²) in [6.45, 7) is 2.29. The maximum Gasteiger partial charge on any atom is 0.349 e. The van der Waals surface area contributed by atoms with Gasteiger partial charge in [-0.05, 0) is 70.6 Å². The predicted molar refractivity (Wildman–Crippen MR) is 195 cm³/mol. The third kappa shape index (κ3) is 11.8. The van der Waals surface area contributed by atoms with Crippen molar-refractivity contribution < 1.29 is 29.3 Å². The molecule has 1 amide bonds. The number of thiophene rings is 1. The Bertz CT molecular complexity index is 1670. The number of halogens is 1. The fourth-order valence-corrected chi connectivity index (χ4v) is 7.41. The number of ether oxygens (including phenoxy) is 1. The number of benzene rings is 2. The first-order chi connectivity index (χ1) is 23.8. The van der Waals surface area contributed by atoms with Crippen LogP contribution in [-0.4, -0.2) is 56.2 Å². The second-order valence-corrected chi connectivity index (χ2v) is 13.9. The number of aliphatic carboxylic acids is 1. The van der Waals surface area contributed by atoms with E-state index >= 15 is 0 Å². The van der Waals surface area contributed by atoms with Crippen molar-refractivity contribution in [2.45, 2.75) is 90.4 Å². The summed E-state index contributed by atoms with van der Waals surface area (Å²) in [5.41, 5.74) is 4.02. The van der Waals surface area contributed by atoms with Gasteiger partial charge in [-0.2, -0.15) is 0 Å². The number of unbranched alkanes of at least 4 members (excludes halogenated alkanes) is 10. The van der Waals surface area contributed by atoms with Crippen LogP contribution in [0.2, 0.25) is 0 Å². The molecule has 0 spiro atoms. The Labute approximate surface area is 300 Å². The van der Waals surface area contributed by atoms with Crippen molar-refractivity contribution >= 4 is 45.1 Å². The van der Waals surface area contributed by atoms with Gasteiger partial charge in [0.2, 0.25) is 0 Å². The topological polar surface area (TPSA) is 144 Å². The SMILES string of the molecule is CCCCCCCCCCCCCNC(=O)c1ccc(-n2cc(CCc3cccc(-c4sc(C(=O)O)c(OCC(=O)O)c4Br)c3)nn2)cc1. The Balaban J connectivity index is 1.23. The first-order valence-electron chi connectivity index (χ1n) is 17.1. The molecular weight excluding hydrogens is 708 g/mol. The maximum absolute atomic E-state index is 12.6. The highest BCUT2D eigenvalue weighted by molar-refractivity contribution is 9.10. The molecular formula is C37H45BrN4O6S. The lowest BCUT2D eigenvalue weighted by molar-refractivity contribution is -0.139. The van der Waals surface area contributed by atoms with Crippen molar-refractivity contribution in [3.63, 3.8) is 0 Å². The molecule has 0 bridgehead atoms. The van der Waals surface area contributed by atoms with E-state index in [1.165, 1.54) is 57.8 Å². The number of carboxylic acid groups (broad SMARTS) is 2. The van der Waals surface area contributed by atoms with Gasteiger partial charge < -0.3 is 20.3 Å². The molecule has 2 aromatic carbocycles. The zero-order valence-electron chi connectivity index (χ0n) is 28.0. The van der Waals surface area contributed by atoms with Crippen molar-refractivity contribution in [1.29, 1.82) is 0 Å². The van der Waals surface area contributed by atoms with E-state index in [-0.39, 0.29) is 16.5 Å². The fourth-order valence-electron chi connectivity index (χ4n) is 5.52. The molecule has 0 saturated heterocycles. The van der Waals surface area contributed by atoms with Crippen molar-refractivity contribution in [2.75, 3.05) is 13.2 Å². The van der Waals surface area contributed by atoms with Crippen LogP contribution < -0.4 is 10.1 Å². The monoisotopic (exact) mass is 752 g/mol. The van der Waals surface area contributed by atoms with Crippen LogP contribution in [-0.2, 0) is 17.6 Å². The van der Waals surface area contributed by atoms with E-state index in [1.807, 2.05) is 42.6 Å². The molecule has 10 nitrogen and oxygen atoms in total. The molecule has 3 N–H and O–H groups in total. The molecule has 0 radical (unpaired) electrons. The van der Waals surface area contributed by atoms with E-state index < -0.39 is 18.5 Å². The summed E-state index contributed by atoms with van der Waals surface area (Å²) >= 11 is 4.43. The minimum absolute atomic E-state index is 0.00478. The molecule has 2 heterocycles. The molecule has 0 saturated carbocycles. The summed E-state index contributed by atoms with van der Waals surface area (Å²) < 4.78 is 7.37. The smallest absolute Gasteiger partial charge is 0.349 e. The van der Waals surface area contributed by atoms with E-state index in [9.17, 15) is 19.5 Å². The van der Waals surface area contributed by atoms with Gasteiger partial charge in [0.1, 0.15) is 0 Å². The van der Waals surface area contributed by atoms with Crippen LogP contribution in [0.1, 0.15) is 109 Å². The number of nitrogens with one attached hydrogen (secondary N) is 1. The summed E-state index contributed by atoms with van der Waals surface area (Å²) in [7, 11) is 0. The molecule has 0 aliphatic heterocycles. The third-order valence-corrected chi connectivity index (χ3v) is 10.4. The molecule has 0 fully saturated rings. The minimum atomic E-state index is -1.19. The summed E-state index contributed by atoms with van der Waals surface area (Å²) in [5, 5.41) is 30.2. The molecule has 49 heavy (non-hydrogen) atoms. The number of hydrogen-bond donors (Lipinski definition) is 3. The number of amides is 1. The number of aromatic nitrogens is 3. The number of nitrogens with zero attached hydrogens (tertiary/aromatic N) is 3. The highest BCUT2D eigenvalue weighted by Crippen LogP contribution is 2.45. The van der Waals surface area contributed by atoms with Crippen molar-refractivity contribution in [1.82, 2.24) is 20.3 Å². The lowest BCUT2D eigenvalue weighted by Gasteiger charge is -2.07. The Morgan fingerprint density at radius 2 is 1.57 bits per heavy atom. The Hall–Kier alpha value is -4.03. The average Bonchev–Trinajstić information content (AvgIpc) is 3.71. The van der Waals surface area contributed by atoms with Gasteiger partial charge in [0, 0.05) is 12.1 Å². The molecule has 4 aromatic rings. The first kappa shape index (κ1) is 37.8. The van der Waals surface area contributed by atoms with Gasteiger partial charge in [-0.1, -0.05) is 101 Å². The van der Waals surface area contributed by atoms with Crippen molar-refractivity contribution in [3.8, 4) is 21.9 Å². The zero-order chi connectivity index (χ0) is 35.0. The summed E-state index contributed by atoms with van der Waals surface area (Å²) in [6, 6.07) is 15.0. The van der Waals surface area contributed by atoms with E-state index in [0.717, 1.165) is 46.7 Å². The van der Waals surface area contributed by atoms with Gasteiger partial charge in [0.25, 0.3) is 5.91 Å². The number of carbonyl (C=O) groups excluding carboxylic acids is 1. The Morgan fingerprint density at radius 3 is 2.22 bits per heavy atom. The van der Waals surface area contributed by atoms with Crippen LogP contribution in [0.25, 0.3) is 16.1 Å². The lowest BCUT2D eigenvalue weighted by Crippen LogP contribution is -2.24. The molecule has 0 atom stereocenters. The fraction of sp³-hybridized carbons (Fsp3) is 0.432. The molecule has 262 valence electrons. The van der Waals surface area contributed by atoms with Crippen molar-refractivity contribution in [3.05, 3.63) is 80.9 Å². The first-order valence-corrected chi connectivity index (χ1v) is 18.7. The van der Waals surface area contributed by atoms with Crippen LogP contribution in [0.3, 0.4) is 0 Å². The van der Waals surface area contributed by atoms with Gasteiger partial charge in [0.15, 0.2) is 17.2 Å². The zero-order valence-corrected chi connectivity index (χ0v) is 30.4. The van der Waals surface area contributed by atoms with E-state index in [0.29, 0.717) is 34.3 Å². The van der Waals surface area contributed by atoms with Gasteiger partial charge in [-0.15, -0.1) is 16.4 Å². The highest BCUT2D eigenvalue weighted by atomic mass is 79.9. The minimum Gasteiger partial charge on any atom is -0.479 e. The van der Waals surface area contributed by atoms with Crippen LogP contribution in [0.5, 0.6) is 5.75 Å². The number of aromatic carboxylic acids is 1. The summed E-state index contributed by atoms with van der Waals surface area (Å²) in [5.74, 6) is -2.45. The largest absolute Gasteiger partial charge is 0.479 e. The van der Waals surface area contributed by atoms with E-state index in [4.69, 9.17) is 9.84 Å². The normalized spacial score (nSPS) is 11.1. The van der Waals surface area contributed by atoms with Gasteiger partial charge in [-0.3, -0.25) is 4.79 Å².